The van der Waals surface area contributed by atoms with Gasteiger partial charge < -0.3 is 10.4 Å². The lowest BCUT2D eigenvalue weighted by molar-refractivity contribution is -0.136. The predicted octanol–water partition coefficient (Wildman–Crippen LogP) is 6.74. The molecule has 7 heteroatoms. The van der Waals surface area contributed by atoms with E-state index in [1.54, 1.807) is 24.3 Å². The molecule has 0 bridgehead atoms. The topological polar surface area (TPSA) is 101 Å². The van der Waals surface area contributed by atoms with Crippen molar-refractivity contribution < 1.29 is 24.3 Å². The van der Waals surface area contributed by atoms with Crippen LogP contribution in [0.2, 0.25) is 5.02 Å². The van der Waals surface area contributed by atoms with Crippen LogP contribution in [-0.2, 0) is 4.79 Å². The number of nitrogens with one attached hydrogen (secondary N) is 1. The molecule has 1 aliphatic rings. The highest BCUT2D eigenvalue weighted by atomic mass is 35.5. The second kappa shape index (κ2) is 13.2. The number of carboxylic acids is 1. The first kappa shape index (κ1) is 28.0. The summed E-state index contributed by atoms with van der Waals surface area (Å²) in [5, 5.41) is 11.6. The van der Waals surface area contributed by atoms with E-state index in [4.69, 9.17) is 16.7 Å². The van der Waals surface area contributed by atoms with Gasteiger partial charge in [0.2, 0.25) is 0 Å². The number of rotatable bonds is 10. The summed E-state index contributed by atoms with van der Waals surface area (Å²) in [7, 11) is 0. The Morgan fingerprint density at radius 2 is 1.44 bits per heavy atom. The fourth-order valence-corrected chi connectivity index (χ4v) is 5.06. The Labute approximate surface area is 232 Å². The molecule has 200 valence electrons. The number of ketones is 2. The first-order chi connectivity index (χ1) is 18.8. The van der Waals surface area contributed by atoms with E-state index in [9.17, 15) is 19.2 Å². The first-order valence-corrected chi connectivity index (χ1v) is 13.5. The number of carbonyl (C=O) groups is 4. The van der Waals surface area contributed by atoms with Crippen LogP contribution in [0.25, 0.3) is 5.57 Å². The van der Waals surface area contributed by atoms with E-state index in [0.29, 0.717) is 33.2 Å². The van der Waals surface area contributed by atoms with Gasteiger partial charge in [-0.25, -0.2) is 0 Å². The molecular formula is C32H30ClNO5. The molecular weight excluding hydrogens is 514 g/mol. The van der Waals surface area contributed by atoms with Crippen molar-refractivity contribution in [2.24, 2.45) is 0 Å². The van der Waals surface area contributed by atoms with Gasteiger partial charge in [0.25, 0.3) is 5.91 Å². The zero-order chi connectivity index (χ0) is 27.8. The van der Waals surface area contributed by atoms with Crippen LogP contribution < -0.4 is 5.32 Å². The van der Waals surface area contributed by atoms with Crippen molar-refractivity contribution in [3.05, 3.63) is 112 Å². The molecule has 0 radical (unpaired) electrons. The molecule has 39 heavy (non-hydrogen) atoms. The minimum absolute atomic E-state index is 0.00272. The number of hydrogen-bond donors (Lipinski definition) is 2. The smallest absolute Gasteiger partial charge is 0.305 e. The molecule has 0 unspecified atom stereocenters. The van der Waals surface area contributed by atoms with Crippen LogP contribution in [-0.4, -0.2) is 35.1 Å². The highest BCUT2D eigenvalue weighted by molar-refractivity contribution is 6.37. The van der Waals surface area contributed by atoms with Crippen molar-refractivity contribution >= 4 is 40.6 Å². The number of aliphatic carboxylic acids is 1. The first-order valence-electron chi connectivity index (χ1n) is 13.1. The largest absolute Gasteiger partial charge is 0.481 e. The van der Waals surface area contributed by atoms with Crippen LogP contribution in [0.5, 0.6) is 0 Å². The molecule has 0 saturated heterocycles. The number of hydrogen-bond acceptors (Lipinski definition) is 4. The van der Waals surface area contributed by atoms with Gasteiger partial charge in [0.1, 0.15) is 0 Å². The molecule has 6 nitrogen and oxygen atoms in total. The molecule has 3 aromatic carbocycles. The summed E-state index contributed by atoms with van der Waals surface area (Å²) >= 11 is 6.25. The highest BCUT2D eigenvalue weighted by Crippen LogP contribution is 2.33. The van der Waals surface area contributed by atoms with E-state index < -0.39 is 11.9 Å². The third-order valence-corrected chi connectivity index (χ3v) is 7.32. The van der Waals surface area contributed by atoms with Gasteiger partial charge in [-0.15, -0.1) is 0 Å². The predicted molar refractivity (Wildman–Crippen MR) is 151 cm³/mol. The van der Waals surface area contributed by atoms with Gasteiger partial charge in [0.15, 0.2) is 11.6 Å². The van der Waals surface area contributed by atoms with E-state index in [1.807, 2.05) is 24.3 Å². The molecule has 0 atom stereocenters. The molecule has 1 aliphatic carbocycles. The molecule has 1 fully saturated rings. The quantitative estimate of drug-likeness (QED) is 0.218. The van der Waals surface area contributed by atoms with Crippen LogP contribution in [0.1, 0.15) is 86.6 Å². The maximum absolute atomic E-state index is 13.7. The van der Waals surface area contributed by atoms with E-state index >= 15 is 0 Å². The maximum atomic E-state index is 13.7. The summed E-state index contributed by atoms with van der Waals surface area (Å²) < 4.78 is 0. The number of amides is 1. The third-order valence-electron chi connectivity index (χ3n) is 6.99. The Hall–Kier alpha value is -4.03. The van der Waals surface area contributed by atoms with Gasteiger partial charge in [-0.3, -0.25) is 19.2 Å². The number of carboxylic acid groups (broad SMARTS) is 1. The average molecular weight is 544 g/mol. The zero-order valence-electron chi connectivity index (χ0n) is 21.5. The van der Waals surface area contributed by atoms with Gasteiger partial charge in [-0.2, -0.15) is 0 Å². The van der Waals surface area contributed by atoms with E-state index in [-0.39, 0.29) is 30.1 Å². The molecule has 1 amide bonds. The number of carbonyl (C=O) groups excluding carboxylic acids is 3. The Kier molecular flexibility index (Phi) is 9.45. The lowest BCUT2D eigenvalue weighted by atomic mass is 9.83. The Bertz CT molecular complexity index is 1390. The monoisotopic (exact) mass is 543 g/mol. The number of benzene rings is 3. The van der Waals surface area contributed by atoms with Gasteiger partial charge in [0.05, 0.1) is 11.4 Å². The minimum atomic E-state index is -1.01. The molecule has 1 saturated carbocycles. The van der Waals surface area contributed by atoms with Crippen LogP contribution in [0.4, 0.5) is 0 Å². The average Bonchev–Trinajstić information content (AvgIpc) is 2.96. The number of halogens is 1. The second-order valence-corrected chi connectivity index (χ2v) is 10.1. The van der Waals surface area contributed by atoms with Crippen molar-refractivity contribution in [1.29, 1.82) is 0 Å². The van der Waals surface area contributed by atoms with E-state index in [1.165, 1.54) is 55.2 Å². The molecule has 3 aromatic rings. The minimum Gasteiger partial charge on any atom is -0.481 e. The van der Waals surface area contributed by atoms with Crippen LogP contribution in [0.15, 0.2) is 78.9 Å². The summed E-state index contributed by atoms with van der Waals surface area (Å²) in [4.78, 5) is 49.9. The van der Waals surface area contributed by atoms with Gasteiger partial charge in [-0.05, 0) is 60.2 Å². The molecule has 4 rings (SSSR count). The molecule has 0 aliphatic heterocycles. The van der Waals surface area contributed by atoms with Gasteiger partial charge in [0, 0.05) is 28.8 Å². The number of Topliss-reactive ketones (excluding diaryl/α,β-unsaturated/α-hetero) is 1. The van der Waals surface area contributed by atoms with Crippen molar-refractivity contribution in [1.82, 2.24) is 5.32 Å². The van der Waals surface area contributed by atoms with Gasteiger partial charge in [-0.1, -0.05) is 79.4 Å². The fourth-order valence-electron chi connectivity index (χ4n) is 4.83. The van der Waals surface area contributed by atoms with Crippen LogP contribution in [0.3, 0.4) is 0 Å². The summed E-state index contributed by atoms with van der Waals surface area (Å²) in [5.41, 5.74) is 3.00. The van der Waals surface area contributed by atoms with Crippen molar-refractivity contribution in [2.75, 3.05) is 6.54 Å². The van der Waals surface area contributed by atoms with Crippen LogP contribution >= 0.6 is 11.6 Å². The molecule has 0 spiro atoms. The molecule has 0 heterocycles. The number of allylic oxidation sites excluding steroid dienone is 2. The Morgan fingerprint density at radius 1 is 0.821 bits per heavy atom. The summed E-state index contributed by atoms with van der Waals surface area (Å²) in [5.74, 6) is -1.67. The van der Waals surface area contributed by atoms with Crippen molar-refractivity contribution in [3.63, 3.8) is 0 Å². The van der Waals surface area contributed by atoms with Gasteiger partial charge >= 0.3 is 5.97 Å². The zero-order valence-corrected chi connectivity index (χ0v) is 22.2. The Balaban J connectivity index is 1.62. The lowest BCUT2D eigenvalue weighted by Crippen LogP contribution is -2.26. The fraction of sp³-hybridized carbons (Fsp3) is 0.250. The SMILES string of the molecule is O=C(O)CCNC(=O)c1ccc(C(=O)/C(=C\C(=O)c2ccccc2Cl)c2ccc(C3CCCCC3)cc2)cc1. The Morgan fingerprint density at radius 3 is 2.08 bits per heavy atom. The van der Waals surface area contributed by atoms with Crippen molar-refractivity contribution in [2.45, 2.75) is 44.4 Å². The highest BCUT2D eigenvalue weighted by Gasteiger charge is 2.20. The third kappa shape index (κ3) is 7.30. The maximum Gasteiger partial charge on any atom is 0.305 e. The van der Waals surface area contributed by atoms with E-state index in [2.05, 4.69) is 5.32 Å². The lowest BCUT2D eigenvalue weighted by Gasteiger charge is -2.22. The molecule has 2 N–H and O–H groups in total. The normalized spacial score (nSPS) is 14.0. The second-order valence-electron chi connectivity index (χ2n) is 9.67. The van der Waals surface area contributed by atoms with Crippen LogP contribution in [0, 0.1) is 0 Å². The summed E-state index contributed by atoms with van der Waals surface area (Å²) in [6.45, 7) is 0.00272. The molecule has 0 aromatic heterocycles. The summed E-state index contributed by atoms with van der Waals surface area (Å²) in [6.07, 6.45) is 7.15. The van der Waals surface area contributed by atoms with Crippen molar-refractivity contribution in [3.8, 4) is 0 Å². The van der Waals surface area contributed by atoms with E-state index in [0.717, 1.165) is 12.8 Å². The standard InChI is InChI=1S/C32H30ClNO5/c33-28-9-5-4-8-26(28)29(35)20-27(23-12-10-22(11-13-23)21-6-2-1-3-7-21)31(38)24-14-16-25(17-15-24)32(39)34-19-18-30(36)37/h4-5,8-17,20-21H,1-3,6-7,18-19H2,(H,34,39)(H,36,37)/b27-20-. The summed E-state index contributed by atoms with van der Waals surface area (Å²) in [6, 6.07) is 20.6.